The van der Waals surface area contributed by atoms with Crippen LogP contribution >= 0.6 is 22.6 Å². The third-order valence-corrected chi connectivity index (χ3v) is 8.41. The third-order valence-electron chi connectivity index (χ3n) is 7.61. The summed E-state index contributed by atoms with van der Waals surface area (Å²) in [5.41, 5.74) is 5.16. The Kier molecular flexibility index (Phi) is 7.22. The maximum absolute atomic E-state index is 13.7. The van der Waals surface area contributed by atoms with E-state index < -0.39 is 5.92 Å². The van der Waals surface area contributed by atoms with Gasteiger partial charge in [-0.3, -0.25) is 9.59 Å². The molecule has 0 saturated heterocycles. The molecule has 0 amide bonds. The minimum absolute atomic E-state index is 0.121. The van der Waals surface area contributed by atoms with Crippen LogP contribution in [-0.2, 0) is 16.2 Å². The fourth-order valence-electron chi connectivity index (χ4n) is 6.11. The van der Waals surface area contributed by atoms with Crippen molar-refractivity contribution in [2.24, 2.45) is 10.8 Å². The zero-order valence-electron chi connectivity index (χ0n) is 22.9. The molecule has 6 heteroatoms. The van der Waals surface area contributed by atoms with Crippen molar-refractivity contribution in [3.8, 4) is 11.5 Å². The molecule has 0 saturated carbocycles. The summed E-state index contributed by atoms with van der Waals surface area (Å²) in [5.74, 6) is 1.17. The van der Waals surface area contributed by atoms with Gasteiger partial charge in [-0.2, -0.15) is 0 Å². The molecule has 0 spiro atoms. The lowest BCUT2D eigenvalue weighted by Gasteiger charge is -2.44. The van der Waals surface area contributed by atoms with E-state index in [1.54, 1.807) is 0 Å². The van der Waals surface area contributed by atoms with Crippen molar-refractivity contribution >= 4 is 34.2 Å². The molecule has 1 heterocycles. The van der Waals surface area contributed by atoms with Crippen LogP contribution in [-0.4, -0.2) is 18.2 Å². The Bertz CT molecular complexity index is 1300. The number of benzene rings is 2. The highest BCUT2D eigenvalue weighted by molar-refractivity contribution is 14.1. The molecule has 5 rings (SSSR count). The summed E-state index contributed by atoms with van der Waals surface area (Å²) >= 11 is 2.28. The second-order valence-electron chi connectivity index (χ2n) is 12.3. The number of rotatable bonds is 6. The van der Waals surface area contributed by atoms with Gasteiger partial charge in [0.15, 0.2) is 23.1 Å². The first-order valence-electron chi connectivity index (χ1n) is 13.4. The highest BCUT2D eigenvalue weighted by atomic mass is 127. The summed E-state index contributed by atoms with van der Waals surface area (Å²) in [5, 5.41) is 3.59. The Balaban J connectivity index is 1.62. The summed E-state index contributed by atoms with van der Waals surface area (Å²) in [6.07, 6.45) is 2.51. The summed E-state index contributed by atoms with van der Waals surface area (Å²) < 4.78 is 13.2. The molecule has 0 radical (unpaired) electrons. The van der Waals surface area contributed by atoms with Crippen LogP contribution in [0.25, 0.3) is 0 Å². The molecule has 2 aliphatic carbocycles. The number of dihydropyridines is 1. The van der Waals surface area contributed by atoms with E-state index in [1.165, 1.54) is 0 Å². The molecule has 0 atom stereocenters. The zero-order chi connectivity index (χ0) is 27.2. The lowest BCUT2D eigenvalue weighted by molar-refractivity contribution is -0.119. The summed E-state index contributed by atoms with van der Waals surface area (Å²) in [6, 6.07) is 14.1. The van der Waals surface area contributed by atoms with Crippen molar-refractivity contribution in [1.29, 1.82) is 0 Å². The standard InChI is InChI=1S/C32H36INO4/c1-6-37-26-13-20(12-21(33)30(26)38-18-19-10-8-7-9-11-19)27-28-22(14-31(2,3)16-24(28)35)34-23-15-32(4,5)17-25(36)29(23)27/h7-13,27,34H,6,14-18H2,1-5H3. The minimum atomic E-state index is -0.399. The monoisotopic (exact) mass is 625 g/mol. The van der Waals surface area contributed by atoms with Crippen LogP contribution in [0.2, 0.25) is 0 Å². The molecule has 0 bridgehead atoms. The highest BCUT2D eigenvalue weighted by Crippen LogP contribution is 2.52. The van der Waals surface area contributed by atoms with E-state index in [0.29, 0.717) is 37.6 Å². The second kappa shape index (κ2) is 10.2. The van der Waals surface area contributed by atoms with Gasteiger partial charge in [0.2, 0.25) is 0 Å². The maximum atomic E-state index is 13.7. The van der Waals surface area contributed by atoms with Crippen molar-refractivity contribution < 1.29 is 19.1 Å². The molecule has 1 N–H and O–H groups in total. The predicted octanol–water partition coefficient (Wildman–Crippen LogP) is 7.24. The normalized spacial score (nSPS) is 20.6. The molecule has 2 aromatic rings. The van der Waals surface area contributed by atoms with E-state index in [2.05, 4.69) is 61.7 Å². The van der Waals surface area contributed by atoms with Gasteiger partial charge in [0.05, 0.1) is 10.2 Å². The third kappa shape index (κ3) is 5.29. The van der Waals surface area contributed by atoms with Crippen LogP contribution in [0, 0.1) is 14.4 Å². The number of allylic oxidation sites excluding steroid dienone is 4. The van der Waals surface area contributed by atoms with Crippen molar-refractivity contribution in [3.05, 3.63) is 79.7 Å². The van der Waals surface area contributed by atoms with Crippen LogP contribution in [0.3, 0.4) is 0 Å². The fourth-order valence-corrected chi connectivity index (χ4v) is 6.89. The van der Waals surface area contributed by atoms with Gasteiger partial charge in [0.1, 0.15) is 6.61 Å². The van der Waals surface area contributed by atoms with E-state index in [1.807, 2.05) is 43.3 Å². The van der Waals surface area contributed by atoms with E-state index in [0.717, 1.165) is 50.1 Å². The summed E-state index contributed by atoms with van der Waals surface area (Å²) in [6.45, 7) is 11.4. The van der Waals surface area contributed by atoms with E-state index in [-0.39, 0.29) is 22.4 Å². The molecule has 3 aliphatic rings. The largest absolute Gasteiger partial charge is 0.490 e. The number of hydrogen-bond donors (Lipinski definition) is 1. The molecular weight excluding hydrogens is 589 g/mol. The zero-order valence-corrected chi connectivity index (χ0v) is 25.0. The Morgan fingerprint density at radius 3 is 2.00 bits per heavy atom. The van der Waals surface area contributed by atoms with Gasteiger partial charge in [0, 0.05) is 41.3 Å². The molecule has 5 nitrogen and oxygen atoms in total. The first-order chi connectivity index (χ1) is 18.0. The van der Waals surface area contributed by atoms with Gasteiger partial charge >= 0.3 is 0 Å². The van der Waals surface area contributed by atoms with Crippen molar-refractivity contribution in [1.82, 2.24) is 5.32 Å². The first kappa shape index (κ1) is 27.0. The average molecular weight is 626 g/mol. The molecule has 0 unspecified atom stereocenters. The number of Topliss-reactive ketones (excluding diaryl/α,β-unsaturated/α-hetero) is 2. The number of nitrogens with one attached hydrogen (secondary N) is 1. The molecule has 200 valence electrons. The predicted molar refractivity (Wildman–Crippen MR) is 157 cm³/mol. The summed E-state index contributed by atoms with van der Waals surface area (Å²) in [4.78, 5) is 27.3. The fraction of sp³-hybridized carbons (Fsp3) is 0.438. The van der Waals surface area contributed by atoms with Gasteiger partial charge in [-0.15, -0.1) is 0 Å². The number of halogens is 1. The van der Waals surface area contributed by atoms with Gasteiger partial charge in [-0.25, -0.2) is 0 Å². The number of carbonyl (C=O) groups excluding carboxylic acids is 2. The molecular formula is C32H36INO4. The van der Waals surface area contributed by atoms with Gasteiger partial charge in [-0.1, -0.05) is 58.0 Å². The Hall–Kier alpha value is -2.61. The SMILES string of the molecule is CCOc1cc(C2C3=C(CC(C)(C)CC3=O)NC3=C2C(=O)CC(C)(C)C3)cc(I)c1OCc1ccccc1. The highest BCUT2D eigenvalue weighted by Gasteiger charge is 2.46. The lowest BCUT2D eigenvalue weighted by Crippen LogP contribution is -2.42. The first-order valence-corrected chi connectivity index (χ1v) is 14.5. The number of ketones is 2. The second-order valence-corrected chi connectivity index (χ2v) is 13.4. The molecule has 0 aromatic heterocycles. The Morgan fingerprint density at radius 1 is 0.868 bits per heavy atom. The van der Waals surface area contributed by atoms with Gasteiger partial charge in [-0.05, 0) is 76.4 Å². The number of carbonyl (C=O) groups is 2. The van der Waals surface area contributed by atoms with Crippen LogP contribution in [0.4, 0.5) is 0 Å². The lowest BCUT2D eigenvalue weighted by atomic mass is 9.64. The van der Waals surface area contributed by atoms with E-state index in [9.17, 15) is 9.59 Å². The topological polar surface area (TPSA) is 64.6 Å². The quantitative estimate of drug-likeness (QED) is 0.343. The Morgan fingerprint density at radius 2 is 1.45 bits per heavy atom. The van der Waals surface area contributed by atoms with Crippen molar-refractivity contribution in [3.63, 3.8) is 0 Å². The van der Waals surface area contributed by atoms with Crippen LogP contribution in [0.5, 0.6) is 11.5 Å². The number of hydrogen-bond acceptors (Lipinski definition) is 5. The minimum Gasteiger partial charge on any atom is -0.490 e. The molecule has 0 fully saturated rings. The van der Waals surface area contributed by atoms with Crippen molar-refractivity contribution in [2.45, 2.75) is 72.8 Å². The van der Waals surface area contributed by atoms with Crippen molar-refractivity contribution in [2.75, 3.05) is 6.61 Å². The Labute approximate surface area is 239 Å². The van der Waals surface area contributed by atoms with Crippen LogP contribution in [0.1, 0.15) is 77.3 Å². The maximum Gasteiger partial charge on any atom is 0.174 e. The molecule has 2 aromatic carbocycles. The molecule has 1 aliphatic heterocycles. The molecule has 38 heavy (non-hydrogen) atoms. The van der Waals surface area contributed by atoms with Gasteiger partial charge < -0.3 is 14.8 Å². The summed E-state index contributed by atoms with van der Waals surface area (Å²) in [7, 11) is 0. The van der Waals surface area contributed by atoms with Gasteiger partial charge in [0.25, 0.3) is 0 Å². The van der Waals surface area contributed by atoms with E-state index >= 15 is 0 Å². The number of ether oxygens (including phenoxy) is 2. The van der Waals surface area contributed by atoms with Crippen LogP contribution in [0.15, 0.2) is 65.0 Å². The smallest absolute Gasteiger partial charge is 0.174 e. The van der Waals surface area contributed by atoms with Crippen LogP contribution < -0.4 is 14.8 Å². The average Bonchev–Trinajstić information content (AvgIpc) is 2.81. The van der Waals surface area contributed by atoms with E-state index in [4.69, 9.17) is 9.47 Å².